The minimum atomic E-state index is -0.408. The van der Waals surface area contributed by atoms with Crippen LogP contribution in [0.4, 0.5) is 0 Å². The van der Waals surface area contributed by atoms with E-state index in [1.54, 1.807) is 51.1 Å². The first-order valence-electron chi connectivity index (χ1n) is 21.7. The van der Waals surface area contributed by atoms with Gasteiger partial charge in [-0.05, 0) is 92.8 Å². The lowest BCUT2D eigenvalue weighted by molar-refractivity contribution is -0.139. The highest BCUT2D eigenvalue weighted by Crippen LogP contribution is 2.26. The van der Waals surface area contributed by atoms with Crippen LogP contribution in [0.1, 0.15) is 57.1 Å². The molecule has 4 heterocycles. The summed E-state index contributed by atoms with van der Waals surface area (Å²) < 4.78 is 25.2. The molecule has 0 spiro atoms. The molecule has 0 radical (unpaired) electrons. The molecule has 0 atom stereocenters. The van der Waals surface area contributed by atoms with Gasteiger partial charge in [0.1, 0.15) is 51.0 Å². The minimum Gasteiger partial charge on any atom is -0.506 e. The quantitative estimate of drug-likeness (QED) is 0.0478. The number of methoxy groups -OCH3 is 2. The summed E-state index contributed by atoms with van der Waals surface area (Å²) in [5.74, 6) is 1.27. The van der Waals surface area contributed by atoms with Crippen molar-refractivity contribution in [2.24, 2.45) is 4.99 Å². The van der Waals surface area contributed by atoms with Gasteiger partial charge in [-0.2, -0.15) is 0 Å². The number of fused-ring (bicyclic) bond motifs is 3. The largest absolute Gasteiger partial charge is 0.506 e. The normalized spacial score (nSPS) is 13.0. The van der Waals surface area contributed by atoms with Crippen LogP contribution >= 0.6 is 11.6 Å². The number of hydrogen-bond acceptors (Lipinski definition) is 14. The van der Waals surface area contributed by atoms with E-state index in [0.29, 0.717) is 47.2 Å². The summed E-state index contributed by atoms with van der Waals surface area (Å²) >= 11 is 4.96. The maximum absolute atomic E-state index is 11.5. The molecule has 2 aromatic heterocycles. The van der Waals surface area contributed by atoms with E-state index in [4.69, 9.17) is 30.5 Å². The molecular weight excluding hydrogens is 864 g/mol. The number of esters is 2. The third-order valence-corrected chi connectivity index (χ3v) is 10.2. The molecule has 0 saturated carbocycles. The Morgan fingerprint density at radius 1 is 0.682 bits per heavy atom. The van der Waals surface area contributed by atoms with Crippen LogP contribution in [0, 0.1) is 0 Å². The Morgan fingerprint density at radius 2 is 1.18 bits per heavy atom. The van der Waals surface area contributed by atoms with E-state index >= 15 is 0 Å². The van der Waals surface area contributed by atoms with Gasteiger partial charge in [0.2, 0.25) is 0 Å². The van der Waals surface area contributed by atoms with E-state index in [1.807, 2.05) is 66.7 Å². The van der Waals surface area contributed by atoms with Gasteiger partial charge in [-0.1, -0.05) is 67.6 Å². The highest BCUT2D eigenvalue weighted by Gasteiger charge is 2.17. The number of carbonyl (C=O) groups excluding carboxylic acids is 2. The molecule has 0 amide bonds. The highest BCUT2D eigenvalue weighted by atomic mass is 35.5. The first-order chi connectivity index (χ1) is 32.0. The molecule has 1 fully saturated rings. The van der Waals surface area contributed by atoms with Gasteiger partial charge in [0, 0.05) is 64.3 Å². The third kappa shape index (κ3) is 15.2. The second kappa shape index (κ2) is 26.4. The fourth-order valence-corrected chi connectivity index (χ4v) is 6.65. The SMILES string of the molecule is C1CCC2=NCCCN2CC1.C=C(C)C(=O)OCCc1ccc(O)c(-n2nc3ccccc3n2)c1.C=C(C)C(=O)OCCc1ccc(OCOC)c(-n2nc3ccccc3n2)c1.COCCl. The van der Waals surface area contributed by atoms with E-state index in [0.717, 1.165) is 39.7 Å². The topological polar surface area (TPSA) is 178 Å². The van der Waals surface area contributed by atoms with Gasteiger partial charge < -0.3 is 33.7 Å². The molecule has 16 nitrogen and oxygen atoms in total. The van der Waals surface area contributed by atoms with Crippen LogP contribution in [0.25, 0.3) is 33.4 Å². The monoisotopic (exact) mass is 922 g/mol. The first kappa shape index (κ1) is 50.4. The molecule has 350 valence electrons. The van der Waals surface area contributed by atoms with Crippen molar-refractivity contribution >= 4 is 51.4 Å². The van der Waals surface area contributed by atoms with Crippen molar-refractivity contribution in [3.63, 3.8) is 0 Å². The molecule has 0 unspecified atom stereocenters. The van der Waals surface area contributed by atoms with Crippen molar-refractivity contribution in [2.45, 2.75) is 58.8 Å². The van der Waals surface area contributed by atoms with Gasteiger partial charge >= 0.3 is 11.9 Å². The minimum absolute atomic E-state index is 0.0815. The molecule has 8 rings (SSSR count). The fourth-order valence-electron chi connectivity index (χ4n) is 6.65. The van der Waals surface area contributed by atoms with Crippen LogP contribution in [-0.4, -0.2) is 118 Å². The Morgan fingerprint density at radius 3 is 1.70 bits per heavy atom. The number of carbonyl (C=O) groups is 2. The van der Waals surface area contributed by atoms with Crippen molar-refractivity contribution in [3.8, 4) is 22.9 Å². The lowest BCUT2D eigenvalue weighted by Gasteiger charge is -2.27. The Kier molecular flexibility index (Phi) is 20.1. The zero-order valence-electron chi connectivity index (χ0n) is 38.2. The Balaban J connectivity index is 0.000000190. The summed E-state index contributed by atoms with van der Waals surface area (Å²) in [7, 11) is 3.11. The molecule has 1 saturated heterocycles. The maximum atomic E-state index is 11.5. The van der Waals surface area contributed by atoms with Crippen molar-refractivity contribution in [3.05, 3.63) is 120 Å². The first-order valence-corrected chi connectivity index (χ1v) is 22.2. The Hall–Kier alpha value is -6.62. The van der Waals surface area contributed by atoms with Crippen molar-refractivity contribution in [1.29, 1.82) is 0 Å². The second-order valence-electron chi connectivity index (χ2n) is 15.3. The Bertz CT molecular complexity index is 2510. The van der Waals surface area contributed by atoms with Gasteiger partial charge in [-0.15, -0.1) is 30.0 Å². The number of halogens is 1. The molecule has 4 aromatic carbocycles. The number of aliphatic imine (C=N–C) groups is 1. The van der Waals surface area contributed by atoms with E-state index in [2.05, 4.69) is 48.2 Å². The number of phenols is 1. The Labute approximate surface area is 390 Å². The van der Waals surface area contributed by atoms with Crippen LogP contribution < -0.4 is 4.74 Å². The van der Waals surface area contributed by atoms with Gasteiger partial charge in [0.25, 0.3) is 0 Å². The fraction of sp³-hybridized carbons (Fsp3) is 0.367. The van der Waals surface area contributed by atoms with Crippen LogP contribution in [0.5, 0.6) is 11.5 Å². The number of aromatic nitrogens is 6. The zero-order valence-corrected chi connectivity index (χ0v) is 38.9. The summed E-state index contributed by atoms with van der Waals surface area (Å²) in [4.78, 5) is 32.9. The lowest BCUT2D eigenvalue weighted by Crippen LogP contribution is -2.34. The zero-order chi connectivity index (χ0) is 47.3. The molecule has 0 bridgehead atoms. The number of nitrogens with zero attached hydrogens (tertiary/aromatic N) is 8. The van der Waals surface area contributed by atoms with E-state index in [1.165, 1.54) is 55.8 Å². The maximum Gasteiger partial charge on any atom is 0.333 e. The number of amidine groups is 1. The lowest BCUT2D eigenvalue weighted by atomic mass is 10.1. The molecule has 2 aliphatic rings. The number of aromatic hydroxyl groups is 1. The van der Waals surface area contributed by atoms with Crippen molar-refractivity contribution in [2.75, 3.05) is 59.9 Å². The smallest absolute Gasteiger partial charge is 0.333 e. The van der Waals surface area contributed by atoms with Gasteiger partial charge in [0.05, 0.1) is 19.0 Å². The van der Waals surface area contributed by atoms with Crippen LogP contribution in [-0.2, 0) is 41.4 Å². The number of hydrogen-bond donors (Lipinski definition) is 1. The molecule has 17 heteroatoms. The van der Waals surface area contributed by atoms with Gasteiger partial charge in [-0.25, -0.2) is 9.59 Å². The standard InChI is InChI=1S/C20H21N3O4.C18H17N3O3.C9H16N2.C2H5ClO/c1-14(2)20(24)26-11-10-15-8-9-19(27-13-25-3)18(12-15)23-21-16-6-4-5-7-17(16)22-23;1-12(2)18(23)24-10-9-13-7-8-17(22)16(11-13)21-19-14-5-3-4-6-15(14)20-21;1-2-5-9-10-6-4-8-11(9)7-3-1;1-4-2-3/h4-9,12H,1,10-11,13H2,2-3H3;3-8,11,22H,1,9-10H2,2H3;1-8H2;2H2,1H3. The van der Waals surface area contributed by atoms with Crippen molar-refractivity contribution < 1.29 is 38.4 Å². The number of alkyl halides is 1. The number of phenolic OH excluding ortho intramolecular Hbond substituents is 1. The average molecular weight is 924 g/mol. The molecule has 66 heavy (non-hydrogen) atoms. The molecular formula is C49H59ClN8O8. The molecule has 1 N–H and O–H groups in total. The predicted molar refractivity (Wildman–Crippen MR) is 256 cm³/mol. The van der Waals surface area contributed by atoms with Gasteiger partial charge in [-0.3, -0.25) is 4.99 Å². The van der Waals surface area contributed by atoms with E-state index in [9.17, 15) is 14.7 Å². The summed E-state index contributed by atoms with van der Waals surface area (Å²) in [6, 6.07) is 26.2. The summed E-state index contributed by atoms with van der Waals surface area (Å²) in [5, 5.41) is 27.9. The third-order valence-electron chi connectivity index (χ3n) is 10.0. The number of ether oxygens (including phenoxy) is 5. The summed E-state index contributed by atoms with van der Waals surface area (Å²) in [6.07, 6.45) is 7.71. The average Bonchev–Trinajstić information content (AvgIpc) is 3.89. The van der Waals surface area contributed by atoms with E-state index in [-0.39, 0.29) is 25.8 Å². The predicted octanol–water partition coefficient (Wildman–Crippen LogP) is 8.35. The summed E-state index contributed by atoms with van der Waals surface area (Å²) in [6.45, 7) is 14.6. The molecule has 6 aromatic rings. The van der Waals surface area contributed by atoms with Crippen LogP contribution in [0.3, 0.4) is 0 Å². The molecule has 2 aliphatic heterocycles. The second-order valence-corrected chi connectivity index (χ2v) is 15.5. The number of rotatable bonds is 14. The highest BCUT2D eigenvalue weighted by molar-refractivity contribution is 6.17. The van der Waals surface area contributed by atoms with Crippen LogP contribution in [0.2, 0.25) is 0 Å². The van der Waals surface area contributed by atoms with Crippen molar-refractivity contribution in [1.82, 2.24) is 34.9 Å². The van der Waals surface area contributed by atoms with Crippen LogP contribution in [0.15, 0.2) is 114 Å². The summed E-state index contributed by atoms with van der Waals surface area (Å²) in [5.41, 5.74) is 6.86. The van der Waals surface area contributed by atoms with Gasteiger partial charge in [0.15, 0.2) is 6.79 Å². The van der Waals surface area contributed by atoms with E-state index < -0.39 is 11.9 Å². The molecule has 0 aliphatic carbocycles. The number of benzene rings is 4.